The van der Waals surface area contributed by atoms with Crippen molar-refractivity contribution in [3.63, 3.8) is 0 Å². The van der Waals surface area contributed by atoms with Crippen LogP contribution in [0.5, 0.6) is 0 Å². The van der Waals surface area contributed by atoms with Crippen LogP contribution in [0.4, 0.5) is 5.69 Å². The van der Waals surface area contributed by atoms with Crippen LogP contribution in [0.25, 0.3) is 0 Å². The molecule has 0 radical (unpaired) electrons. The molecule has 0 aliphatic carbocycles. The van der Waals surface area contributed by atoms with Gasteiger partial charge in [-0.3, -0.25) is 4.79 Å². The van der Waals surface area contributed by atoms with Crippen LogP contribution in [0.3, 0.4) is 0 Å². The molecule has 0 spiro atoms. The van der Waals surface area contributed by atoms with Gasteiger partial charge < -0.3 is 10.5 Å². The lowest BCUT2D eigenvalue weighted by atomic mass is 10.0. The summed E-state index contributed by atoms with van der Waals surface area (Å²) < 4.78 is 4.93. The second-order valence-electron chi connectivity index (χ2n) is 4.78. The maximum absolute atomic E-state index is 12.0. The number of anilines is 1. The molecule has 2 N–H and O–H groups in total. The second-order valence-corrected chi connectivity index (χ2v) is 5.85. The van der Waals surface area contributed by atoms with E-state index in [1.807, 2.05) is 55.5 Å². The summed E-state index contributed by atoms with van der Waals surface area (Å²) in [5.41, 5.74) is 8.87. The van der Waals surface area contributed by atoms with E-state index in [0.717, 1.165) is 21.7 Å². The first kappa shape index (κ1) is 15.4. The van der Waals surface area contributed by atoms with Gasteiger partial charge in [-0.1, -0.05) is 42.5 Å². The van der Waals surface area contributed by atoms with Gasteiger partial charge in [-0.25, -0.2) is 0 Å². The highest BCUT2D eigenvalue weighted by Gasteiger charge is 2.21. The number of rotatable bonds is 5. The molecule has 3 nitrogen and oxygen atoms in total. The maximum Gasteiger partial charge on any atom is 0.313 e. The summed E-state index contributed by atoms with van der Waals surface area (Å²) in [5.74, 6) is 0.0886. The first-order valence-electron chi connectivity index (χ1n) is 6.74. The number of para-hydroxylation sites is 1. The maximum atomic E-state index is 12.0. The Hall–Kier alpha value is -1.94. The normalized spacial score (nSPS) is 11.9. The standard InChI is InChI=1S/C17H19NO2S/c1-12-7-6-10-15(16(12)18)21-11-14(17(19)20-2)13-8-4-3-5-9-13/h3-10,14H,11,18H2,1-2H3. The molecule has 0 aromatic heterocycles. The summed E-state index contributed by atoms with van der Waals surface area (Å²) >= 11 is 1.58. The average molecular weight is 301 g/mol. The molecule has 0 heterocycles. The van der Waals surface area contributed by atoms with Crippen LogP contribution in [0.15, 0.2) is 53.4 Å². The summed E-state index contributed by atoms with van der Waals surface area (Å²) in [6, 6.07) is 15.6. The molecular weight excluding hydrogens is 282 g/mol. The van der Waals surface area contributed by atoms with E-state index in [1.165, 1.54) is 7.11 Å². The number of hydrogen-bond donors (Lipinski definition) is 1. The molecule has 21 heavy (non-hydrogen) atoms. The molecular formula is C17H19NO2S. The zero-order valence-electron chi connectivity index (χ0n) is 12.2. The lowest BCUT2D eigenvalue weighted by molar-refractivity contribution is -0.141. The van der Waals surface area contributed by atoms with Crippen LogP contribution in [-0.4, -0.2) is 18.8 Å². The van der Waals surface area contributed by atoms with Crippen molar-refractivity contribution in [1.29, 1.82) is 0 Å². The van der Waals surface area contributed by atoms with Gasteiger partial charge in [0.05, 0.1) is 13.0 Å². The molecule has 0 amide bonds. The molecule has 0 saturated carbocycles. The molecule has 0 saturated heterocycles. The molecule has 110 valence electrons. The van der Waals surface area contributed by atoms with E-state index in [-0.39, 0.29) is 11.9 Å². The SMILES string of the molecule is COC(=O)C(CSc1cccc(C)c1N)c1ccccc1. The molecule has 2 aromatic carbocycles. The fourth-order valence-electron chi connectivity index (χ4n) is 2.08. The Bertz CT molecular complexity index is 613. The Morgan fingerprint density at radius 3 is 2.57 bits per heavy atom. The fourth-order valence-corrected chi connectivity index (χ4v) is 3.25. The van der Waals surface area contributed by atoms with Crippen molar-refractivity contribution in [2.24, 2.45) is 0 Å². The number of benzene rings is 2. The largest absolute Gasteiger partial charge is 0.469 e. The zero-order valence-corrected chi connectivity index (χ0v) is 13.0. The number of nitrogens with two attached hydrogens (primary N) is 1. The Balaban J connectivity index is 2.17. The number of thioether (sulfide) groups is 1. The van der Waals surface area contributed by atoms with E-state index in [9.17, 15) is 4.79 Å². The van der Waals surface area contributed by atoms with Gasteiger partial charge in [0.1, 0.15) is 0 Å². The Kier molecular flexibility index (Phi) is 5.28. The van der Waals surface area contributed by atoms with Crippen LogP contribution in [0.1, 0.15) is 17.0 Å². The molecule has 1 unspecified atom stereocenters. The number of ether oxygens (including phenoxy) is 1. The first-order valence-corrected chi connectivity index (χ1v) is 7.72. The smallest absolute Gasteiger partial charge is 0.313 e. The molecule has 2 aromatic rings. The molecule has 0 aliphatic heterocycles. The van der Waals surface area contributed by atoms with Gasteiger partial charge in [-0.05, 0) is 24.1 Å². The minimum atomic E-state index is -0.291. The van der Waals surface area contributed by atoms with Gasteiger partial charge in [-0.15, -0.1) is 11.8 Å². The Morgan fingerprint density at radius 2 is 1.90 bits per heavy atom. The number of carbonyl (C=O) groups is 1. The van der Waals surface area contributed by atoms with Crippen molar-refractivity contribution in [1.82, 2.24) is 0 Å². The van der Waals surface area contributed by atoms with Crippen LogP contribution >= 0.6 is 11.8 Å². The third kappa shape index (κ3) is 3.79. The molecule has 0 aliphatic rings. The van der Waals surface area contributed by atoms with Gasteiger partial charge in [0.2, 0.25) is 0 Å². The lowest BCUT2D eigenvalue weighted by Crippen LogP contribution is -2.16. The van der Waals surface area contributed by atoms with Crippen molar-refractivity contribution in [3.05, 3.63) is 59.7 Å². The van der Waals surface area contributed by atoms with Crippen LogP contribution < -0.4 is 5.73 Å². The number of hydrogen-bond acceptors (Lipinski definition) is 4. The third-order valence-corrected chi connectivity index (χ3v) is 4.54. The predicted octanol–water partition coefficient (Wildman–Crippen LogP) is 3.63. The van der Waals surface area contributed by atoms with Gasteiger partial charge in [0, 0.05) is 16.3 Å². The van der Waals surface area contributed by atoms with Crippen molar-refractivity contribution >= 4 is 23.4 Å². The van der Waals surface area contributed by atoms with E-state index in [4.69, 9.17) is 10.5 Å². The van der Waals surface area contributed by atoms with E-state index in [2.05, 4.69) is 0 Å². The van der Waals surface area contributed by atoms with Crippen LogP contribution in [0.2, 0.25) is 0 Å². The van der Waals surface area contributed by atoms with Gasteiger partial charge in [0.15, 0.2) is 0 Å². The number of nitrogen functional groups attached to an aromatic ring is 1. The minimum absolute atomic E-state index is 0.222. The van der Waals surface area contributed by atoms with E-state index in [0.29, 0.717) is 5.75 Å². The minimum Gasteiger partial charge on any atom is -0.469 e. The first-order chi connectivity index (χ1) is 10.1. The van der Waals surface area contributed by atoms with E-state index in [1.54, 1.807) is 11.8 Å². The highest BCUT2D eigenvalue weighted by molar-refractivity contribution is 7.99. The van der Waals surface area contributed by atoms with Crippen molar-refractivity contribution < 1.29 is 9.53 Å². The van der Waals surface area contributed by atoms with Crippen LogP contribution in [0, 0.1) is 6.92 Å². The summed E-state index contributed by atoms with van der Waals surface area (Å²) in [7, 11) is 1.42. The number of esters is 1. The monoisotopic (exact) mass is 301 g/mol. The average Bonchev–Trinajstić information content (AvgIpc) is 2.52. The molecule has 0 fully saturated rings. The van der Waals surface area contributed by atoms with Gasteiger partial charge >= 0.3 is 5.97 Å². The predicted molar refractivity (Wildman–Crippen MR) is 87.5 cm³/mol. The molecule has 1 atom stereocenters. The Labute approximate surface area is 129 Å². The summed E-state index contributed by atoms with van der Waals surface area (Å²) in [6.45, 7) is 1.98. The zero-order chi connectivity index (χ0) is 15.2. The summed E-state index contributed by atoms with van der Waals surface area (Å²) in [6.07, 6.45) is 0. The van der Waals surface area contributed by atoms with Crippen molar-refractivity contribution in [3.8, 4) is 0 Å². The topological polar surface area (TPSA) is 52.3 Å². The fraction of sp³-hybridized carbons (Fsp3) is 0.235. The third-order valence-electron chi connectivity index (χ3n) is 3.38. The second kappa shape index (κ2) is 7.18. The highest BCUT2D eigenvalue weighted by atomic mass is 32.2. The number of aryl methyl sites for hydroxylation is 1. The summed E-state index contributed by atoms with van der Waals surface area (Å²) in [5, 5.41) is 0. The number of methoxy groups -OCH3 is 1. The van der Waals surface area contributed by atoms with Gasteiger partial charge in [0.25, 0.3) is 0 Å². The molecule has 2 rings (SSSR count). The molecule has 0 bridgehead atoms. The lowest BCUT2D eigenvalue weighted by Gasteiger charge is -2.15. The van der Waals surface area contributed by atoms with Crippen molar-refractivity contribution in [2.75, 3.05) is 18.6 Å². The van der Waals surface area contributed by atoms with E-state index >= 15 is 0 Å². The Morgan fingerprint density at radius 1 is 1.19 bits per heavy atom. The molecule has 4 heteroatoms. The number of carbonyl (C=O) groups excluding carboxylic acids is 1. The van der Waals surface area contributed by atoms with Gasteiger partial charge in [-0.2, -0.15) is 0 Å². The van der Waals surface area contributed by atoms with E-state index < -0.39 is 0 Å². The van der Waals surface area contributed by atoms with Crippen molar-refractivity contribution in [2.45, 2.75) is 17.7 Å². The quantitative estimate of drug-likeness (QED) is 0.520. The highest BCUT2D eigenvalue weighted by Crippen LogP contribution is 2.32. The summed E-state index contributed by atoms with van der Waals surface area (Å²) in [4.78, 5) is 13.0. The van der Waals surface area contributed by atoms with Crippen LogP contribution in [-0.2, 0) is 9.53 Å².